The minimum absolute atomic E-state index is 0.0152. The lowest BCUT2D eigenvalue weighted by molar-refractivity contribution is 0.774. The van der Waals surface area contributed by atoms with Crippen molar-refractivity contribution in [3.05, 3.63) is 59.9 Å². The van der Waals surface area contributed by atoms with E-state index in [2.05, 4.69) is 25.8 Å². The van der Waals surface area contributed by atoms with Crippen LogP contribution in [0.4, 0.5) is 5.95 Å². The molecular weight excluding hydrogens is 264 g/mol. The normalized spacial score (nSPS) is 12.1. The van der Waals surface area contributed by atoms with E-state index in [4.69, 9.17) is 0 Å². The number of nitrogens with one attached hydrogen (secondary N) is 1. The van der Waals surface area contributed by atoms with Crippen LogP contribution in [0.25, 0.3) is 5.69 Å². The van der Waals surface area contributed by atoms with E-state index in [1.807, 2.05) is 56.3 Å². The van der Waals surface area contributed by atoms with Crippen molar-refractivity contribution in [1.29, 1.82) is 0 Å². The summed E-state index contributed by atoms with van der Waals surface area (Å²) >= 11 is 0. The van der Waals surface area contributed by atoms with Gasteiger partial charge < -0.3 is 5.32 Å². The van der Waals surface area contributed by atoms with E-state index in [1.165, 1.54) is 5.56 Å². The third-order valence-corrected chi connectivity index (χ3v) is 3.23. The molecule has 0 amide bonds. The van der Waals surface area contributed by atoms with Gasteiger partial charge in [0, 0.05) is 6.20 Å². The molecule has 0 bridgehead atoms. The van der Waals surface area contributed by atoms with E-state index in [0.717, 1.165) is 11.4 Å². The van der Waals surface area contributed by atoms with Crippen molar-refractivity contribution in [1.82, 2.24) is 25.2 Å². The summed E-state index contributed by atoms with van der Waals surface area (Å²) in [5, 5.41) is 15.1. The smallest absolute Gasteiger partial charge is 0.248 e. The molecule has 2 aromatic heterocycles. The molecule has 0 saturated heterocycles. The fraction of sp³-hybridized carbons (Fsp3) is 0.200. The second-order valence-electron chi connectivity index (χ2n) is 4.87. The van der Waals surface area contributed by atoms with Gasteiger partial charge in [-0.1, -0.05) is 28.9 Å². The summed E-state index contributed by atoms with van der Waals surface area (Å²) < 4.78 is 1.68. The molecule has 0 radical (unpaired) electrons. The zero-order valence-electron chi connectivity index (χ0n) is 11.9. The standard InChI is InChI=1S/C15H16N6/c1-11-6-8-13(9-7-11)21-15(18-19-20-21)17-12(2)14-5-3-4-10-16-14/h3-10,12H,1-2H3,(H,17,18,20)/t12-/m0/s1. The molecule has 0 unspecified atom stereocenters. The monoisotopic (exact) mass is 280 g/mol. The van der Waals surface area contributed by atoms with Crippen molar-refractivity contribution in [3.8, 4) is 5.69 Å². The molecule has 6 heteroatoms. The van der Waals surface area contributed by atoms with Crippen LogP contribution < -0.4 is 5.32 Å². The number of nitrogens with zero attached hydrogens (tertiary/aromatic N) is 5. The van der Waals surface area contributed by atoms with Crippen LogP contribution in [0.1, 0.15) is 24.2 Å². The summed E-state index contributed by atoms with van der Waals surface area (Å²) in [6, 6.07) is 13.9. The summed E-state index contributed by atoms with van der Waals surface area (Å²) in [6.45, 7) is 4.07. The Kier molecular flexibility index (Phi) is 3.59. The first-order valence-electron chi connectivity index (χ1n) is 6.77. The molecule has 0 aliphatic carbocycles. The molecule has 21 heavy (non-hydrogen) atoms. The number of anilines is 1. The number of benzene rings is 1. The van der Waals surface area contributed by atoms with Gasteiger partial charge in [-0.25, -0.2) is 0 Å². The van der Waals surface area contributed by atoms with Crippen LogP contribution in [0, 0.1) is 6.92 Å². The SMILES string of the molecule is Cc1ccc(-n2nnnc2N[C@@H](C)c2ccccn2)cc1. The average molecular weight is 280 g/mol. The predicted octanol–water partition coefficient (Wildman–Crippen LogP) is 2.54. The van der Waals surface area contributed by atoms with E-state index >= 15 is 0 Å². The molecule has 0 aliphatic heterocycles. The Morgan fingerprint density at radius 3 is 2.62 bits per heavy atom. The Morgan fingerprint density at radius 2 is 1.90 bits per heavy atom. The summed E-state index contributed by atoms with van der Waals surface area (Å²) in [7, 11) is 0. The first-order valence-corrected chi connectivity index (χ1v) is 6.77. The van der Waals surface area contributed by atoms with Crippen molar-refractivity contribution in [2.45, 2.75) is 19.9 Å². The van der Waals surface area contributed by atoms with Gasteiger partial charge in [0.15, 0.2) is 0 Å². The highest BCUT2D eigenvalue weighted by atomic mass is 15.6. The molecule has 1 atom stereocenters. The highest BCUT2D eigenvalue weighted by molar-refractivity contribution is 5.40. The van der Waals surface area contributed by atoms with E-state index in [1.54, 1.807) is 10.9 Å². The molecule has 0 aliphatic rings. The zero-order chi connectivity index (χ0) is 14.7. The molecule has 0 fully saturated rings. The number of pyridine rings is 1. The van der Waals surface area contributed by atoms with Crippen molar-refractivity contribution >= 4 is 5.95 Å². The molecule has 106 valence electrons. The molecule has 2 heterocycles. The summed E-state index contributed by atoms with van der Waals surface area (Å²) in [4.78, 5) is 4.33. The van der Waals surface area contributed by atoms with Gasteiger partial charge in [0.2, 0.25) is 5.95 Å². The fourth-order valence-electron chi connectivity index (χ4n) is 2.04. The number of hydrogen-bond donors (Lipinski definition) is 1. The van der Waals surface area contributed by atoms with E-state index in [9.17, 15) is 0 Å². The lowest BCUT2D eigenvalue weighted by Gasteiger charge is -2.13. The molecule has 0 saturated carbocycles. The topological polar surface area (TPSA) is 68.5 Å². The average Bonchev–Trinajstić information content (AvgIpc) is 2.97. The second-order valence-corrected chi connectivity index (χ2v) is 4.87. The number of hydrogen-bond acceptors (Lipinski definition) is 5. The van der Waals surface area contributed by atoms with Gasteiger partial charge in [-0.2, -0.15) is 4.68 Å². The summed E-state index contributed by atoms with van der Waals surface area (Å²) in [5.41, 5.74) is 3.06. The third kappa shape index (κ3) is 2.89. The number of rotatable bonds is 4. The van der Waals surface area contributed by atoms with Crippen molar-refractivity contribution < 1.29 is 0 Å². The fourth-order valence-corrected chi connectivity index (χ4v) is 2.04. The summed E-state index contributed by atoms with van der Waals surface area (Å²) in [6.07, 6.45) is 1.77. The highest BCUT2D eigenvalue weighted by Gasteiger charge is 2.12. The van der Waals surface area contributed by atoms with E-state index in [0.29, 0.717) is 5.95 Å². The lowest BCUT2D eigenvalue weighted by atomic mass is 10.2. The van der Waals surface area contributed by atoms with Crippen molar-refractivity contribution in [2.24, 2.45) is 0 Å². The third-order valence-electron chi connectivity index (χ3n) is 3.23. The first-order chi connectivity index (χ1) is 10.2. The summed E-state index contributed by atoms with van der Waals surface area (Å²) in [5.74, 6) is 0.594. The number of aromatic nitrogens is 5. The van der Waals surface area contributed by atoms with E-state index in [-0.39, 0.29) is 6.04 Å². The number of tetrazole rings is 1. The van der Waals surface area contributed by atoms with Crippen LogP contribution >= 0.6 is 0 Å². The second kappa shape index (κ2) is 5.70. The Labute approximate surface area is 122 Å². The molecule has 1 aromatic carbocycles. The maximum atomic E-state index is 4.33. The Balaban J connectivity index is 1.84. The van der Waals surface area contributed by atoms with Gasteiger partial charge in [-0.3, -0.25) is 4.98 Å². The molecule has 3 aromatic rings. The molecular formula is C15H16N6. The molecule has 1 N–H and O–H groups in total. The maximum Gasteiger partial charge on any atom is 0.248 e. The van der Waals surface area contributed by atoms with Crippen molar-refractivity contribution in [2.75, 3.05) is 5.32 Å². The Morgan fingerprint density at radius 1 is 1.10 bits per heavy atom. The van der Waals surface area contributed by atoms with Gasteiger partial charge in [0.05, 0.1) is 17.4 Å². The lowest BCUT2D eigenvalue weighted by Crippen LogP contribution is -2.12. The molecule has 0 spiro atoms. The minimum Gasteiger partial charge on any atom is -0.345 e. The first kappa shape index (κ1) is 13.2. The Bertz CT molecular complexity index is 705. The van der Waals surface area contributed by atoms with Crippen molar-refractivity contribution in [3.63, 3.8) is 0 Å². The van der Waals surface area contributed by atoms with Crippen LogP contribution in [-0.4, -0.2) is 25.2 Å². The number of aryl methyl sites for hydroxylation is 1. The van der Waals surface area contributed by atoms with Gasteiger partial charge in [0.25, 0.3) is 0 Å². The van der Waals surface area contributed by atoms with Gasteiger partial charge in [-0.05, 0) is 48.5 Å². The highest BCUT2D eigenvalue weighted by Crippen LogP contribution is 2.17. The quantitative estimate of drug-likeness (QED) is 0.795. The minimum atomic E-state index is 0.0152. The van der Waals surface area contributed by atoms with E-state index < -0.39 is 0 Å². The van der Waals surface area contributed by atoms with Gasteiger partial charge >= 0.3 is 0 Å². The van der Waals surface area contributed by atoms with Crippen LogP contribution in [0.15, 0.2) is 48.7 Å². The van der Waals surface area contributed by atoms with Gasteiger partial charge in [-0.15, -0.1) is 0 Å². The molecule has 3 rings (SSSR count). The predicted molar refractivity (Wildman–Crippen MR) is 80.2 cm³/mol. The van der Waals surface area contributed by atoms with Crippen LogP contribution in [0.3, 0.4) is 0 Å². The van der Waals surface area contributed by atoms with Crippen LogP contribution in [0.2, 0.25) is 0 Å². The van der Waals surface area contributed by atoms with Crippen LogP contribution in [-0.2, 0) is 0 Å². The van der Waals surface area contributed by atoms with Gasteiger partial charge in [0.1, 0.15) is 0 Å². The van der Waals surface area contributed by atoms with Crippen LogP contribution in [0.5, 0.6) is 0 Å². The largest absolute Gasteiger partial charge is 0.345 e. The zero-order valence-corrected chi connectivity index (χ0v) is 11.9. The molecule has 6 nitrogen and oxygen atoms in total. The maximum absolute atomic E-state index is 4.33. The Hall–Kier alpha value is -2.76.